The van der Waals surface area contributed by atoms with Gasteiger partial charge in [0.05, 0.1) is 15.1 Å². The molecular weight excluding hydrogens is 595 g/mol. The Bertz CT molecular complexity index is 1230. The van der Waals surface area contributed by atoms with Gasteiger partial charge in [0, 0.05) is 16.3 Å². The standard InChI is InChI=1S/C27H26ClIN2O3S/c1-3-17-9-11-20(12-10-17)30-27-31-26(32)24(35-27)15-18-13-22(29)25(23(14-18)33-4-2)34-16-19-7-5-6-8-21(19)28/h5-15,27,30H,3-4,16H2,1-2H3,(H,31,32)/b24-15-/t27-/m1/s1. The molecule has 3 aromatic carbocycles. The monoisotopic (exact) mass is 620 g/mol. The normalized spacial score (nSPS) is 16.3. The molecule has 1 saturated heterocycles. The number of carbonyl (C=O) groups excluding carboxylic acids is 1. The lowest BCUT2D eigenvalue weighted by molar-refractivity contribution is -0.116. The smallest absolute Gasteiger partial charge is 0.260 e. The Balaban J connectivity index is 1.50. The van der Waals surface area contributed by atoms with E-state index in [1.165, 1.54) is 17.3 Å². The minimum absolute atomic E-state index is 0.107. The van der Waals surface area contributed by atoms with Gasteiger partial charge < -0.3 is 20.1 Å². The summed E-state index contributed by atoms with van der Waals surface area (Å²) in [7, 11) is 0. The summed E-state index contributed by atoms with van der Waals surface area (Å²) in [6.07, 6.45) is 2.87. The third-order valence-electron chi connectivity index (χ3n) is 5.35. The topological polar surface area (TPSA) is 59.6 Å². The molecule has 0 spiro atoms. The molecule has 182 valence electrons. The predicted molar refractivity (Wildman–Crippen MR) is 153 cm³/mol. The molecule has 0 aliphatic carbocycles. The van der Waals surface area contributed by atoms with Crippen LogP contribution in [0.4, 0.5) is 5.69 Å². The van der Waals surface area contributed by atoms with E-state index in [0.29, 0.717) is 34.6 Å². The molecule has 0 saturated carbocycles. The number of benzene rings is 3. The molecule has 2 N–H and O–H groups in total. The van der Waals surface area contributed by atoms with E-state index in [-0.39, 0.29) is 11.4 Å². The van der Waals surface area contributed by atoms with Gasteiger partial charge in [-0.25, -0.2) is 0 Å². The number of amides is 1. The maximum absolute atomic E-state index is 12.6. The molecule has 8 heteroatoms. The van der Waals surface area contributed by atoms with Gasteiger partial charge in [0.1, 0.15) is 6.61 Å². The number of hydrogen-bond acceptors (Lipinski definition) is 5. The van der Waals surface area contributed by atoms with E-state index in [2.05, 4.69) is 52.3 Å². The van der Waals surface area contributed by atoms with Crippen molar-refractivity contribution in [3.63, 3.8) is 0 Å². The van der Waals surface area contributed by atoms with Crippen LogP contribution in [0.15, 0.2) is 65.6 Å². The molecule has 3 aromatic rings. The maximum atomic E-state index is 12.6. The Morgan fingerprint density at radius 3 is 2.60 bits per heavy atom. The number of halogens is 2. The summed E-state index contributed by atoms with van der Waals surface area (Å²) in [5, 5.41) is 7.01. The van der Waals surface area contributed by atoms with Crippen LogP contribution < -0.4 is 20.1 Å². The van der Waals surface area contributed by atoms with Gasteiger partial charge in [-0.2, -0.15) is 0 Å². The van der Waals surface area contributed by atoms with Crippen LogP contribution in [-0.4, -0.2) is 18.0 Å². The quantitative estimate of drug-likeness (QED) is 0.198. The minimum Gasteiger partial charge on any atom is -0.490 e. The van der Waals surface area contributed by atoms with Crippen molar-refractivity contribution in [2.45, 2.75) is 32.4 Å². The second-order valence-corrected chi connectivity index (χ2v) is 10.5. The molecule has 1 aliphatic heterocycles. The van der Waals surface area contributed by atoms with Gasteiger partial charge in [0.15, 0.2) is 17.0 Å². The van der Waals surface area contributed by atoms with E-state index in [1.807, 2.05) is 61.5 Å². The first-order chi connectivity index (χ1) is 17.0. The second kappa shape index (κ2) is 12.1. The van der Waals surface area contributed by atoms with Gasteiger partial charge >= 0.3 is 0 Å². The molecule has 0 bridgehead atoms. The number of carbonyl (C=O) groups is 1. The lowest BCUT2D eigenvalue weighted by Gasteiger charge is -2.15. The summed E-state index contributed by atoms with van der Waals surface area (Å²) in [5.41, 5.74) is 3.78. The van der Waals surface area contributed by atoms with Crippen molar-refractivity contribution in [3.05, 3.63) is 90.9 Å². The molecular formula is C27H26ClIN2O3S. The van der Waals surface area contributed by atoms with Crippen LogP contribution >= 0.6 is 46.0 Å². The molecule has 1 heterocycles. The Kier molecular flexibility index (Phi) is 8.86. The molecule has 1 amide bonds. The first-order valence-electron chi connectivity index (χ1n) is 11.3. The van der Waals surface area contributed by atoms with Gasteiger partial charge in [-0.1, -0.05) is 60.6 Å². The molecule has 35 heavy (non-hydrogen) atoms. The molecule has 1 fully saturated rings. The fourth-order valence-corrected chi connectivity index (χ4v) is 5.50. The first kappa shape index (κ1) is 25.7. The average molecular weight is 621 g/mol. The van der Waals surface area contributed by atoms with E-state index in [1.54, 1.807) is 0 Å². The van der Waals surface area contributed by atoms with E-state index in [4.69, 9.17) is 21.1 Å². The number of ether oxygens (including phenoxy) is 2. The minimum atomic E-state index is -0.232. The van der Waals surface area contributed by atoms with E-state index in [9.17, 15) is 4.79 Å². The summed E-state index contributed by atoms with van der Waals surface area (Å²) in [5.74, 6) is 1.19. The Labute approximate surface area is 228 Å². The van der Waals surface area contributed by atoms with Crippen molar-refractivity contribution in [3.8, 4) is 11.5 Å². The van der Waals surface area contributed by atoms with Crippen LogP contribution in [0.5, 0.6) is 11.5 Å². The third-order valence-corrected chi connectivity index (χ3v) is 7.55. The fourth-order valence-electron chi connectivity index (χ4n) is 3.54. The van der Waals surface area contributed by atoms with Crippen LogP contribution in [0, 0.1) is 3.57 Å². The van der Waals surface area contributed by atoms with Crippen molar-refractivity contribution < 1.29 is 14.3 Å². The highest BCUT2D eigenvalue weighted by atomic mass is 127. The molecule has 1 atom stereocenters. The Hall–Kier alpha value is -2.36. The zero-order valence-corrected chi connectivity index (χ0v) is 23.2. The number of rotatable bonds is 9. The van der Waals surface area contributed by atoms with E-state index >= 15 is 0 Å². The highest BCUT2D eigenvalue weighted by molar-refractivity contribution is 14.1. The summed E-state index contributed by atoms with van der Waals surface area (Å²) >= 11 is 9.96. The average Bonchev–Trinajstić information content (AvgIpc) is 3.18. The molecule has 0 radical (unpaired) electrons. The van der Waals surface area contributed by atoms with Crippen molar-refractivity contribution in [2.75, 3.05) is 11.9 Å². The van der Waals surface area contributed by atoms with Gasteiger partial charge in [0.2, 0.25) is 0 Å². The first-order valence-corrected chi connectivity index (χ1v) is 13.7. The van der Waals surface area contributed by atoms with Gasteiger partial charge in [-0.15, -0.1) is 0 Å². The molecule has 1 aliphatic rings. The zero-order chi connectivity index (χ0) is 24.8. The van der Waals surface area contributed by atoms with Crippen LogP contribution in [0.25, 0.3) is 6.08 Å². The molecule has 4 rings (SSSR count). The van der Waals surface area contributed by atoms with Crippen molar-refractivity contribution >= 4 is 63.6 Å². The highest BCUT2D eigenvalue weighted by Gasteiger charge is 2.27. The van der Waals surface area contributed by atoms with Crippen molar-refractivity contribution in [1.29, 1.82) is 0 Å². The van der Waals surface area contributed by atoms with Crippen LogP contribution in [0.2, 0.25) is 5.02 Å². The maximum Gasteiger partial charge on any atom is 0.260 e. The van der Waals surface area contributed by atoms with Crippen LogP contribution in [0.3, 0.4) is 0 Å². The Morgan fingerprint density at radius 1 is 1.11 bits per heavy atom. The summed E-state index contributed by atoms with van der Waals surface area (Å²) in [4.78, 5) is 13.3. The number of hydrogen-bond donors (Lipinski definition) is 2. The molecule has 0 aromatic heterocycles. The fraction of sp³-hybridized carbons (Fsp3) is 0.222. The molecule has 0 unspecified atom stereocenters. The number of anilines is 1. The number of thioether (sulfide) groups is 1. The number of nitrogens with one attached hydrogen (secondary N) is 2. The lowest BCUT2D eigenvalue weighted by atomic mass is 10.1. The van der Waals surface area contributed by atoms with E-state index in [0.717, 1.165) is 26.8 Å². The summed E-state index contributed by atoms with van der Waals surface area (Å²) in [6, 6.07) is 19.7. The lowest BCUT2D eigenvalue weighted by Crippen LogP contribution is -2.30. The highest BCUT2D eigenvalue weighted by Crippen LogP contribution is 2.37. The van der Waals surface area contributed by atoms with E-state index < -0.39 is 0 Å². The third kappa shape index (κ3) is 6.65. The van der Waals surface area contributed by atoms with Crippen LogP contribution in [-0.2, 0) is 17.8 Å². The SMILES string of the molecule is CCOc1cc(/C=C2\S[C@H](Nc3ccc(CC)cc3)NC2=O)cc(I)c1OCc1ccccc1Cl. The predicted octanol–water partition coefficient (Wildman–Crippen LogP) is 7.08. The van der Waals surface area contributed by atoms with Crippen molar-refractivity contribution in [2.24, 2.45) is 0 Å². The van der Waals surface area contributed by atoms with Gasteiger partial charge in [-0.05, 0) is 83.5 Å². The zero-order valence-electron chi connectivity index (χ0n) is 19.4. The second-order valence-electron chi connectivity index (χ2n) is 7.82. The summed E-state index contributed by atoms with van der Waals surface area (Å²) in [6.45, 7) is 4.89. The largest absolute Gasteiger partial charge is 0.490 e. The van der Waals surface area contributed by atoms with Gasteiger partial charge in [-0.3, -0.25) is 4.79 Å². The molecule has 5 nitrogen and oxygen atoms in total. The number of aryl methyl sites for hydroxylation is 1. The van der Waals surface area contributed by atoms with Crippen LogP contribution in [0.1, 0.15) is 30.5 Å². The Morgan fingerprint density at radius 2 is 1.89 bits per heavy atom. The van der Waals surface area contributed by atoms with Gasteiger partial charge in [0.25, 0.3) is 5.91 Å². The summed E-state index contributed by atoms with van der Waals surface area (Å²) < 4.78 is 12.9. The van der Waals surface area contributed by atoms with Crippen molar-refractivity contribution in [1.82, 2.24) is 5.32 Å².